The van der Waals surface area contributed by atoms with E-state index in [9.17, 15) is 0 Å². The van der Waals surface area contributed by atoms with Crippen LogP contribution in [-0.2, 0) is 5.41 Å². The molecule has 10 aromatic carbocycles. The Kier molecular flexibility index (Phi) is 9.15. The molecule has 0 bridgehead atoms. The maximum atomic E-state index is 5.76. The van der Waals surface area contributed by atoms with E-state index in [1.165, 1.54) is 94.1 Å². The van der Waals surface area contributed by atoms with Crippen LogP contribution in [0.25, 0.3) is 139 Å². The Morgan fingerprint density at radius 2 is 0.718 bits per heavy atom. The molecule has 0 saturated carbocycles. The number of para-hydroxylation sites is 2. The summed E-state index contributed by atoms with van der Waals surface area (Å²) in [4.78, 5) is 11.3. The van der Waals surface area contributed by atoms with Gasteiger partial charge in [0, 0.05) is 33.2 Å². The number of nitrogens with zero attached hydrogens (tertiary/aromatic N) is 3. The highest BCUT2D eigenvalue weighted by molar-refractivity contribution is 6.10. The third-order valence-corrected chi connectivity index (χ3v) is 14.9. The van der Waals surface area contributed by atoms with Crippen molar-refractivity contribution in [2.24, 2.45) is 0 Å². The predicted molar refractivity (Wildman–Crippen MR) is 297 cm³/mol. The average molecular weight is 906 g/mol. The standard InChI is InChI=1S/C68H47N3/c1-68(2,3)65-44(42-35-37-54-49-23-7-6-21-47(49)45-19-4-5-20-46(45)48-22-8-10-26-52(48)60(54)39-42)31-18-32-59(65)62-41-69-66-58-38-36-43(71-63-33-16-14-28-55(63)56-29-15-17-34-64(56)71)40-61(58)53-27-11-9-24-50(53)51-25-12-13-30-57(51)67(66)70-62/h4-41H,1-3H3. The predicted octanol–water partition coefficient (Wildman–Crippen LogP) is 18.2. The lowest BCUT2D eigenvalue weighted by atomic mass is 9.76. The van der Waals surface area contributed by atoms with Crippen LogP contribution < -0.4 is 0 Å². The van der Waals surface area contributed by atoms with E-state index in [4.69, 9.17) is 9.97 Å². The molecule has 334 valence electrons. The SMILES string of the molecule is CC(C)(C)c1c(-c2ccc3c(c2)-c2ccccc2-c2ccccc2-c2ccccc2-3)cccc1-c1cnc2c(n1)-c1ccccc1-c1ccccc1-c1cc(-n3c4ccccc4c4ccccc43)ccc1-2. The van der Waals surface area contributed by atoms with Crippen LogP contribution in [0.3, 0.4) is 0 Å². The van der Waals surface area contributed by atoms with E-state index < -0.39 is 0 Å². The molecule has 0 radical (unpaired) electrons. The fourth-order valence-electron chi connectivity index (χ4n) is 11.9. The molecule has 0 fully saturated rings. The molecular weight excluding hydrogens is 859 g/mol. The molecule has 2 heterocycles. The number of fused-ring (bicyclic) bond motifs is 19. The van der Waals surface area contributed by atoms with Crippen LogP contribution in [0.15, 0.2) is 231 Å². The molecule has 0 unspecified atom stereocenters. The largest absolute Gasteiger partial charge is 0.309 e. The number of hydrogen-bond acceptors (Lipinski definition) is 2. The van der Waals surface area contributed by atoms with Crippen molar-refractivity contribution in [2.45, 2.75) is 26.2 Å². The van der Waals surface area contributed by atoms with Crippen LogP contribution in [0.4, 0.5) is 0 Å². The first-order valence-electron chi connectivity index (χ1n) is 24.7. The van der Waals surface area contributed by atoms with Gasteiger partial charge >= 0.3 is 0 Å². The molecule has 2 aliphatic rings. The van der Waals surface area contributed by atoms with Gasteiger partial charge in [0.15, 0.2) is 0 Å². The normalized spacial score (nSPS) is 12.2. The van der Waals surface area contributed by atoms with Crippen LogP contribution in [-0.4, -0.2) is 14.5 Å². The summed E-state index contributed by atoms with van der Waals surface area (Å²) in [6, 6.07) is 82.3. The van der Waals surface area contributed by atoms with Crippen LogP contribution in [0, 0.1) is 0 Å². The number of aromatic nitrogens is 3. The monoisotopic (exact) mass is 905 g/mol. The molecule has 12 aromatic rings. The molecular formula is C68H47N3. The lowest BCUT2D eigenvalue weighted by molar-refractivity contribution is 0.593. The van der Waals surface area contributed by atoms with Gasteiger partial charge in [-0.1, -0.05) is 215 Å². The van der Waals surface area contributed by atoms with E-state index in [1.807, 2.05) is 6.20 Å². The van der Waals surface area contributed by atoms with Crippen LogP contribution in [0.2, 0.25) is 0 Å². The molecule has 0 saturated heterocycles. The quantitative estimate of drug-likeness (QED) is 0.177. The Hall–Kier alpha value is -8.92. The van der Waals surface area contributed by atoms with Crippen molar-refractivity contribution < 1.29 is 0 Å². The maximum Gasteiger partial charge on any atom is 0.0979 e. The third kappa shape index (κ3) is 6.36. The summed E-state index contributed by atoms with van der Waals surface area (Å²) in [5.41, 5.74) is 27.1. The van der Waals surface area contributed by atoms with Crippen molar-refractivity contribution in [2.75, 3.05) is 0 Å². The average Bonchev–Trinajstić information content (AvgIpc) is 3.76. The highest BCUT2D eigenvalue weighted by Crippen LogP contribution is 2.51. The Labute approximate surface area is 414 Å². The smallest absolute Gasteiger partial charge is 0.0979 e. The first-order chi connectivity index (χ1) is 34.9. The van der Waals surface area contributed by atoms with Crippen molar-refractivity contribution in [3.63, 3.8) is 0 Å². The van der Waals surface area contributed by atoms with E-state index >= 15 is 0 Å². The Bertz CT molecular complexity index is 4100. The van der Waals surface area contributed by atoms with Gasteiger partial charge in [-0.25, -0.2) is 4.98 Å². The molecule has 0 aliphatic heterocycles. The summed E-state index contributed by atoms with van der Waals surface area (Å²) in [6.45, 7) is 6.97. The topological polar surface area (TPSA) is 30.7 Å². The minimum Gasteiger partial charge on any atom is -0.309 e. The van der Waals surface area contributed by atoms with Crippen LogP contribution >= 0.6 is 0 Å². The summed E-state index contributed by atoms with van der Waals surface area (Å²) in [5, 5.41) is 2.48. The summed E-state index contributed by atoms with van der Waals surface area (Å²) < 4.78 is 2.40. The second kappa shape index (κ2) is 15.8. The van der Waals surface area contributed by atoms with Gasteiger partial charge in [-0.05, 0) is 119 Å². The van der Waals surface area contributed by atoms with Crippen molar-refractivity contribution in [3.8, 4) is 117 Å². The highest BCUT2D eigenvalue weighted by atomic mass is 15.0. The molecule has 14 rings (SSSR count). The first-order valence-corrected chi connectivity index (χ1v) is 24.7. The second-order valence-electron chi connectivity index (χ2n) is 20.0. The number of rotatable bonds is 3. The van der Waals surface area contributed by atoms with Crippen molar-refractivity contribution in [3.05, 3.63) is 236 Å². The minimum atomic E-state index is -0.252. The molecule has 71 heavy (non-hydrogen) atoms. The van der Waals surface area contributed by atoms with Gasteiger partial charge in [-0.2, -0.15) is 0 Å². The van der Waals surface area contributed by atoms with Gasteiger partial charge in [-0.15, -0.1) is 0 Å². The van der Waals surface area contributed by atoms with E-state index in [0.29, 0.717) is 0 Å². The van der Waals surface area contributed by atoms with Crippen LogP contribution in [0.1, 0.15) is 26.3 Å². The van der Waals surface area contributed by atoms with Crippen LogP contribution in [0.5, 0.6) is 0 Å². The van der Waals surface area contributed by atoms with Crippen molar-refractivity contribution in [1.82, 2.24) is 14.5 Å². The zero-order chi connectivity index (χ0) is 47.4. The first kappa shape index (κ1) is 41.1. The van der Waals surface area contributed by atoms with E-state index in [2.05, 4.69) is 250 Å². The lowest BCUT2D eigenvalue weighted by Gasteiger charge is -2.28. The van der Waals surface area contributed by atoms with E-state index in [1.54, 1.807) is 0 Å². The summed E-state index contributed by atoms with van der Waals surface area (Å²) in [5.74, 6) is 0. The Morgan fingerprint density at radius 3 is 1.25 bits per heavy atom. The number of hydrogen-bond donors (Lipinski definition) is 0. The highest BCUT2D eigenvalue weighted by Gasteiger charge is 2.29. The van der Waals surface area contributed by atoms with E-state index in [-0.39, 0.29) is 5.41 Å². The van der Waals surface area contributed by atoms with Crippen molar-refractivity contribution in [1.29, 1.82) is 0 Å². The molecule has 0 amide bonds. The van der Waals surface area contributed by atoms with Gasteiger partial charge in [-0.3, -0.25) is 4.98 Å². The van der Waals surface area contributed by atoms with Crippen molar-refractivity contribution >= 4 is 21.8 Å². The molecule has 2 aliphatic carbocycles. The van der Waals surface area contributed by atoms with E-state index in [0.717, 1.165) is 50.6 Å². The fourth-order valence-corrected chi connectivity index (χ4v) is 11.9. The number of benzene rings is 10. The zero-order valence-electron chi connectivity index (χ0n) is 39.8. The van der Waals surface area contributed by atoms with Gasteiger partial charge in [0.05, 0.1) is 34.3 Å². The Balaban J connectivity index is 0.970. The lowest BCUT2D eigenvalue weighted by Crippen LogP contribution is -2.15. The summed E-state index contributed by atoms with van der Waals surface area (Å²) in [7, 11) is 0. The molecule has 3 nitrogen and oxygen atoms in total. The van der Waals surface area contributed by atoms with Gasteiger partial charge in [0.2, 0.25) is 0 Å². The Morgan fingerprint density at radius 1 is 0.324 bits per heavy atom. The maximum absolute atomic E-state index is 5.76. The molecule has 2 aromatic heterocycles. The zero-order valence-corrected chi connectivity index (χ0v) is 39.8. The van der Waals surface area contributed by atoms with Gasteiger partial charge < -0.3 is 4.57 Å². The molecule has 0 spiro atoms. The van der Waals surface area contributed by atoms with Gasteiger partial charge in [0.1, 0.15) is 0 Å². The van der Waals surface area contributed by atoms with Gasteiger partial charge in [0.25, 0.3) is 0 Å². The molecule has 0 atom stereocenters. The second-order valence-corrected chi connectivity index (χ2v) is 20.0. The molecule has 3 heteroatoms. The fraction of sp³-hybridized carbons (Fsp3) is 0.0588. The third-order valence-electron chi connectivity index (χ3n) is 14.9. The summed E-state index contributed by atoms with van der Waals surface area (Å²) >= 11 is 0. The summed E-state index contributed by atoms with van der Waals surface area (Å²) in [6.07, 6.45) is 2.01. The minimum absolute atomic E-state index is 0.252. The molecule has 0 N–H and O–H groups in total.